The maximum Gasteiger partial charge on any atom is 0.255 e. The molecule has 99 heavy (non-hydrogen) atoms. The second-order valence-electron chi connectivity index (χ2n) is 24.7. The quantitative estimate of drug-likeness (QED) is 0.0896. The molecule has 0 atom stereocenters. The molecule has 1 amide bonds. The van der Waals surface area contributed by atoms with Crippen molar-refractivity contribution in [2.24, 2.45) is 0 Å². The van der Waals surface area contributed by atoms with Gasteiger partial charge in [0.1, 0.15) is 0 Å². The van der Waals surface area contributed by atoms with Crippen molar-refractivity contribution in [2.75, 3.05) is 5.32 Å². The zero-order chi connectivity index (χ0) is 65.8. The van der Waals surface area contributed by atoms with Crippen LogP contribution in [0.25, 0.3) is 170 Å². The van der Waals surface area contributed by atoms with Crippen LogP contribution in [0.2, 0.25) is 0 Å². The van der Waals surface area contributed by atoms with Crippen molar-refractivity contribution >= 4 is 92.2 Å². The van der Waals surface area contributed by atoms with Crippen molar-refractivity contribution in [2.45, 2.75) is 12.8 Å². The molecule has 0 radical (unpaired) electrons. The summed E-state index contributed by atoms with van der Waals surface area (Å²) in [6, 6.07) is 76.2. The number of nitrogens with zero attached hydrogens (tertiary/aromatic N) is 7. The van der Waals surface area contributed by atoms with Crippen molar-refractivity contribution in [1.29, 1.82) is 0 Å². The molecular weight excluding hydrogens is 1220 g/mol. The number of anilines is 1. The Kier molecular flexibility index (Phi) is 14.5. The molecule has 0 saturated carbocycles. The number of carbonyl (C=O) groups is 1. The van der Waals surface area contributed by atoms with E-state index in [1.165, 1.54) is 0 Å². The third-order valence-electron chi connectivity index (χ3n) is 18.8. The van der Waals surface area contributed by atoms with Crippen LogP contribution in [-0.4, -0.2) is 60.7 Å². The molecule has 0 fully saturated rings. The maximum atomic E-state index is 14.6. The van der Waals surface area contributed by atoms with E-state index in [1.807, 2.05) is 140 Å². The Morgan fingerprint density at radius 2 is 0.515 bits per heavy atom. The van der Waals surface area contributed by atoms with Crippen LogP contribution < -0.4 is 5.32 Å². The van der Waals surface area contributed by atoms with Crippen LogP contribution in [0.1, 0.15) is 55.9 Å². The monoisotopic (exact) mass is 1270 g/mol. The number of benzene rings is 5. The van der Waals surface area contributed by atoms with Gasteiger partial charge in [-0.05, 0) is 203 Å². The third kappa shape index (κ3) is 10.8. The smallest absolute Gasteiger partial charge is 0.255 e. The molecule has 4 aliphatic rings. The minimum Gasteiger partial charge on any atom is -0.354 e. The molecule has 13 heterocycles. The molecule has 0 saturated heterocycles. The summed E-state index contributed by atoms with van der Waals surface area (Å²) in [4.78, 5) is 65.1. The zero-order valence-electron chi connectivity index (χ0n) is 53.2. The summed E-state index contributed by atoms with van der Waals surface area (Å²) >= 11 is 0. The van der Waals surface area contributed by atoms with E-state index in [4.69, 9.17) is 19.9 Å². The topological polar surface area (TPSA) is 182 Å². The number of aromatic amines is 4. The number of amides is 1. The van der Waals surface area contributed by atoms with E-state index in [1.54, 1.807) is 0 Å². The molecule has 5 aromatic carbocycles. The van der Waals surface area contributed by atoms with Crippen LogP contribution in [0.3, 0.4) is 0 Å². The third-order valence-corrected chi connectivity index (χ3v) is 18.8. The van der Waals surface area contributed by atoms with Gasteiger partial charge in [-0.15, -0.1) is 0 Å². The van der Waals surface area contributed by atoms with E-state index < -0.39 is 0 Å². The molecule has 14 aromatic rings. The van der Waals surface area contributed by atoms with Gasteiger partial charge in [-0.25, -0.2) is 15.0 Å². The van der Waals surface area contributed by atoms with Gasteiger partial charge in [-0.3, -0.25) is 24.7 Å². The van der Waals surface area contributed by atoms with Gasteiger partial charge in [-0.2, -0.15) is 0 Å². The molecule has 9 aromatic heterocycles. The first-order valence-corrected chi connectivity index (χ1v) is 33.0. The van der Waals surface area contributed by atoms with Crippen molar-refractivity contribution in [3.05, 3.63) is 313 Å². The molecule has 5 N–H and O–H groups in total. The molecule has 0 unspecified atom stereocenters. The number of hydrogen-bond acceptors (Lipinski definition) is 8. The number of carbonyl (C=O) groups excluding carboxylic acids is 1. The Bertz CT molecular complexity index is 5940. The Balaban J connectivity index is 0.745. The van der Waals surface area contributed by atoms with Crippen LogP contribution in [0.4, 0.5) is 5.69 Å². The predicted octanol–water partition coefficient (Wildman–Crippen LogP) is 20.0. The van der Waals surface area contributed by atoms with Gasteiger partial charge in [0.05, 0.1) is 45.6 Å². The normalized spacial score (nSPS) is 12.3. The van der Waals surface area contributed by atoms with E-state index in [0.717, 1.165) is 192 Å². The van der Waals surface area contributed by atoms with Crippen molar-refractivity contribution in [3.63, 3.8) is 0 Å². The number of nitrogens with one attached hydrogen (secondary N) is 5. The van der Waals surface area contributed by atoms with Crippen LogP contribution >= 0.6 is 0 Å². The van der Waals surface area contributed by atoms with Crippen molar-refractivity contribution in [3.8, 4) is 89.0 Å². The second kappa shape index (κ2) is 24.7. The summed E-state index contributed by atoms with van der Waals surface area (Å²) in [5, 5.41) is 3.21. The van der Waals surface area contributed by atoms with Crippen LogP contribution in [0, 0.1) is 0 Å². The number of fused-ring (bicyclic) bond motifs is 16. The Hall–Kier alpha value is -13.5. The number of aromatic nitrogens is 11. The minimum absolute atomic E-state index is 0.253. The highest BCUT2D eigenvalue weighted by molar-refractivity contribution is 6.06. The molecule has 0 aliphatic carbocycles. The minimum atomic E-state index is -0.253. The number of hydrogen-bond donors (Lipinski definition) is 5. The van der Waals surface area contributed by atoms with E-state index in [9.17, 15) is 4.79 Å². The first-order chi connectivity index (χ1) is 49.0. The highest BCUT2D eigenvalue weighted by Crippen LogP contribution is 2.42. The average molecular weight is 1280 g/mol. The molecular formula is C86H58N12O. The molecule has 16 bridgehead atoms. The molecule has 4 aliphatic heterocycles. The Labute approximate surface area is 568 Å². The number of rotatable bonds is 10. The van der Waals surface area contributed by atoms with Gasteiger partial charge in [-0.1, -0.05) is 115 Å². The molecule has 0 spiro atoms. The van der Waals surface area contributed by atoms with E-state index in [2.05, 4.69) is 198 Å². The Morgan fingerprint density at radius 1 is 0.263 bits per heavy atom. The highest BCUT2D eigenvalue weighted by atomic mass is 16.1. The Morgan fingerprint density at radius 3 is 0.818 bits per heavy atom. The first kappa shape index (κ1) is 58.1. The fourth-order valence-corrected chi connectivity index (χ4v) is 14.2. The highest BCUT2D eigenvalue weighted by Gasteiger charge is 2.24. The van der Waals surface area contributed by atoms with Gasteiger partial charge in [0, 0.05) is 137 Å². The zero-order valence-corrected chi connectivity index (χ0v) is 53.2. The van der Waals surface area contributed by atoms with Gasteiger partial charge in [0.2, 0.25) is 0 Å². The number of H-pyrrole nitrogens is 4. The van der Waals surface area contributed by atoms with Gasteiger partial charge in [0.25, 0.3) is 5.91 Å². The van der Waals surface area contributed by atoms with E-state index >= 15 is 0 Å². The average Bonchev–Trinajstić information content (AvgIpc) is 1.64. The van der Waals surface area contributed by atoms with E-state index in [-0.39, 0.29) is 5.91 Å². The van der Waals surface area contributed by atoms with Crippen LogP contribution in [0.15, 0.2) is 262 Å². The van der Waals surface area contributed by atoms with Crippen molar-refractivity contribution in [1.82, 2.24) is 54.8 Å². The SMILES string of the molecule is O=C(Nc1ccc(-c2c3nc(c(-c4ccncc4)c4ccc([nH]4)c(-c4ccncc4)c4nc(c(-c5ccncc5)c5ccc2[nH]5)CC4)C=C3)cc1)c1ccc(-c2c3nc(c(-c4ccccc4)c4ccc([nH]4)c(-c4ccccc4)c4nc(c(-c5ccccc5)c5ccc2[nH]5)C=C4)C=C3)cc1. The number of pyridine rings is 3. The summed E-state index contributed by atoms with van der Waals surface area (Å²) in [5.74, 6) is -0.253. The molecule has 13 nitrogen and oxygen atoms in total. The number of aryl methyl sites for hydroxylation is 2. The predicted molar refractivity (Wildman–Crippen MR) is 401 cm³/mol. The lowest BCUT2D eigenvalue weighted by Gasteiger charge is -2.10. The first-order valence-electron chi connectivity index (χ1n) is 33.0. The van der Waals surface area contributed by atoms with Crippen molar-refractivity contribution < 1.29 is 4.79 Å². The van der Waals surface area contributed by atoms with E-state index in [0.29, 0.717) is 11.3 Å². The van der Waals surface area contributed by atoms with Crippen LogP contribution in [-0.2, 0) is 12.8 Å². The fraction of sp³-hybridized carbons (Fsp3) is 0.0233. The largest absolute Gasteiger partial charge is 0.354 e. The summed E-state index contributed by atoms with van der Waals surface area (Å²) in [6.07, 6.45) is 25.0. The summed E-state index contributed by atoms with van der Waals surface area (Å²) < 4.78 is 0. The van der Waals surface area contributed by atoms with Gasteiger partial charge in [0.15, 0.2) is 0 Å². The summed E-state index contributed by atoms with van der Waals surface area (Å²) in [6.45, 7) is 0. The fourth-order valence-electron chi connectivity index (χ4n) is 14.2. The standard InChI is InChI=1S/C86H58N12O/c99-86(60-18-16-55(17-19-60)81-68-30-28-66(93-68)79(53-12-6-2-7-13-53)64-26-24-62(91-64)78(52-10-4-1-5-11-52)63-25-27-65(92-63)80(54-14-8-3-9-15-54)67-29-31-69(81)94-67)90-61-22-20-56(21-23-61)82-70-32-34-72(95-70)83(57-40-46-87-47-41-57)74-36-38-76(97-74)85(59-44-50-89-51-45-59)77-39-37-75(98-77)84(58-42-48-88-49-43-58)73-35-33-71(82)96-73/h1-36,38,40-51,91,94,96-97H,37,39H2,(H,90,99). The molecule has 18 rings (SSSR count). The summed E-state index contributed by atoms with van der Waals surface area (Å²) in [5.41, 5.74) is 30.6. The van der Waals surface area contributed by atoms with Gasteiger partial charge < -0.3 is 25.3 Å². The van der Waals surface area contributed by atoms with Crippen LogP contribution in [0.5, 0.6) is 0 Å². The lowest BCUT2D eigenvalue weighted by atomic mass is 10.0. The lowest BCUT2D eigenvalue weighted by molar-refractivity contribution is 0.102. The molecule has 13 heteroatoms. The second-order valence-corrected chi connectivity index (χ2v) is 24.7. The summed E-state index contributed by atoms with van der Waals surface area (Å²) in [7, 11) is 0. The lowest BCUT2D eigenvalue weighted by Crippen LogP contribution is -2.11. The van der Waals surface area contributed by atoms with Gasteiger partial charge >= 0.3 is 0 Å². The molecule has 468 valence electrons. The maximum absolute atomic E-state index is 14.6.